The van der Waals surface area contributed by atoms with E-state index in [1.165, 1.54) is 22.6 Å². The minimum Gasteiger partial charge on any atom is -0.355 e. The Kier molecular flexibility index (Phi) is 7.80. The van der Waals surface area contributed by atoms with Crippen LogP contribution in [0.5, 0.6) is 0 Å². The fraction of sp³-hybridized carbons (Fsp3) is 0.240. The second kappa shape index (κ2) is 11.0. The van der Waals surface area contributed by atoms with Gasteiger partial charge < -0.3 is 10.6 Å². The molecule has 1 aliphatic rings. The van der Waals surface area contributed by atoms with Crippen molar-refractivity contribution >= 4 is 33.4 Å². The first-order valence-corrected chi connectivity index (χ1v) is 13.0. The van der Waals surface area contributed by atoms with Crippen molar-refractivity contribution in [2.45, 2.75) is 36.9 Å². The van der Waals surface area contributed by atoms with Gasteiger partial charge in [-0.15, -0.1) is 0 Å². The van der Waals surface area contributed by atoms with Crippen LogP contribution in [0.4, 0.5) is 0 Å². The Hall–Kier alpha value is -3.27. The number of carbonyl (C=O) groups excluding carboxylic acids is 2. The Morgan fingerprint density at radius 1 is 1.06 bits per heavy atom. The molecule has 0 saturated carbocycles. The number of hydrogen-bond acceptors (Lipinski definition) is 5. The quantitative estimate of drug-likeness (QED) is 0.451. The van der Waals surface area contributed by atoms with Gasteiger partial charge in [0, 0.05) is 31.4 Å². The maximum atomic E-state index is 13.5. The van der Waals surface area contributed by atoms with Crippen molar-refractivity contribution in [3.05, 3.63) is 94.8 Å². The Labute approximate surface area is 209 Å². The Balaban J connectivity index is 1.53. The molecule has 3 aromatic rings. The van der Waals surface area contributed by atoms with Gasteiger partial charge in [-0.2, -0.15) is 4.31 Å². The first kappa shape index (κ1) is 24.8. The number of pyridine rings is 1. The summed E-state index contributed by atoms with van der Waals surface area (Å²) in [7, 11) is -4.04. The van der Waals surface area contributed by atoms with Crippen LogP contribution < -0.4 is 10.6 Å². The molecule has 4 rings (SSSR count). The molecule has 35 heavy (non-hydrogen) atoms. The van der Waals surface area contributed by atoms with E-state index in [9.17, 15) is 18.0 Å². The zero-order valence-corrected chi connectivity index (χ0v) is 20.4. The Morgan fingerprint density at radius 3 is 2.46 bits per heavy atom. The summed E-state index contributed by atoms with van der Waals surface area (Å²) < 4.78 is 28.2. The monoisotopic (exact) mass is 512 g/mol. The number of benzene rings is 2. The van der Waals surface area contributed by atoms with Crippen molar-refractivity contribution in [2.75, 3.05) is 6.54 Å². The normalized spacial score (nSPS) is 16.1. The van der Waals surface area contributed by atoms with Gasteiger partial charge in [0.25, 0.3) is 5.91 Å². The zero-order chi connectivity index (χ0) is 24.8. The predicted octanol–water partition coefficient (Wildman–Crippen LogP) is 3.13. The largest absolute Gasteiger partial charge is 0.355 e. The molecule has 2 N–H and O–H groups in total. The van der Waals surface area contributed by atoms with Crippen LogP contribution in [0.3, 0.4) is 0 Å². The Morgan fingerprint density at radius 2 is 1.80 bits per heavy atom. The van der Waals surface area contributed by atoms with Crippen LogP contribution in [0, 0.1) is 0 Å². The molecule has 8 nitrogen and oxygen atoms in total. The number of amides is 2. The van der Waals surface area contributed by atoms with E-state index in [2.05, 4.69) is 15.6 Å². The van der Waals surface area contributed by atoms with E-state index < -0.39 is 16.1 Å². The molecule has 1 aromatic heterocycles. The molecular weight excluding hydrogens is 488 g/mol. The number of sulfonamides is 1. The molecule has 0 spiro atoms. The number of nitrogens with zero attached hydrogens (tertiary/aromatic N) is 2. The van der Waals surface area contributed by atoms with E-state index in [-0.39, 0.29) is 28.4 Å². The molecule has 0 bridgehead atoms. The third-order valence-electron chi connectivity index (χ3n) is 5.76. The fourth-order valence-corrected chi connectivity index (χ4v) is 5.53. The van der Waals surface area contributed by atoms with Gasteiger partial charge in [0.1, 0.15) is 16.1 Å². The van der Waals surface area contributed by atoms with Crippen molar-refractivity contribution in [1.29, 1.82) is 0 Å². The number of carbonyl (C=O) groups is 2. The van der Waals surface area contributed by atoms with Crippen LogP contribution in [0.25, 0.3) is 0 Å². The zero-order valence-electron chi connectivity index (χ0n) is 18.9. The molecule has 1 aliphatic heterocycles. The lowest BCUT2D eigenvalue weighted by Gasteiger charge is -2.32. The maximum Gasteiger partial charge on any atom is 0.251 e. The molecule has 2 amide bonds. The Bertz CT molecular complexity index is 1280. The van der Waals surface area contributed by atoms with Gasteiger partial charge in [-0.05, 0) is 48.2 Å². The van der Waals surface area contributed by atoms with Crippen LogP contribution >= 0.6 is 11.6 Å². The number of aromatic nitrogens is 1. The lowest BCUT2D eigenvalue weighted by atomic mass is 10.1. The van der Waals surface area contributed by atoms with Crippen molar-refractivity contribution in [1.82, 2.24) is 19.9 Å². The summed E-state index contributed by atoms with van der Waals surface area (Å²) in [5.41, 5.74) is 2.09. The van der Waals surface area contributed by atoms with E-state index in [1.54, 1.807) is 24.3 Å². The van der Waals surface area contributed by atoms with Crippen molar-refractivity contribution in [3.8, 4) is 0 Å². The lowest BCUT2D eigenvalue weighted by Crippen LogP contribution is -2.52. The number of hydrogen-bond donors (Lipinski definition) is 2. The smallest absolute Gasteiger partial charge is 0.251 e. The lowest BCUT2D eigenvalue weighted by molar-refractivity contribution is -0.126. The van der Waals surface area contributed by atoms with Crippen LogP contribution in [0.2, 0.25) is 5.15 Å². The van der Waals surface area contributed by atoms with Crippen LogP contribution in [0.15, 0.2) is 77.8 Å². The van der Waals surface area contributed by atoms with Gasteiger partial charge in [0.15, 0.2) is 0 Å². The minimum atomic E-state index is -4.04. The highest BCUT2D eigenvalue weighted by Crippen LogP contribution is 2.25. The molecule has 182 valence electrons. The summed E-state index contributed by atoms with van der Waals surface area (Å²) in [5, 5.41) is 5.79. The minimum absolute atomic E-state index is 0.0328. The molecule has 1 saturated heterocycles. The molecule has 1 fully saturated rings. The highest BCUT2D eigenvalue weighted by atomic mass is 35.5. The average Bonchev–Trinajstić information content (AvgIpc) is 2.87. The van der Waals surface area contributed by atoms with Gasteiger partial charge in [0.05, 0.1) is 0 Å². The van der Waals surface area contributed by atoms with Crippen LogP contribution in [-0.2, 0) is 27.9 Å². The van der Waals surface area contributed by atoms with Crippen molar-refractivity contribution in [2.24, 2.45) is 0 Å². The van der Waals surface area contributed by atoms with Gasteiger partial charge in [-0.1, -0.05) is 54.1 Å². The molecule has 10 heteroatoms. The van der Waals surface area contributed by atoms with E-state index in [0.29, 0.717) is 37.1 Å². The molecule has 0 radical (unpaired) electrons. The van der Waals surface area contributed by atoms with Crippen molar-refractivity contribution < 1.29 is 18.0 Å². The molecule has 2 heterocycles. The summed E-state index contributed by atoms with van der Waals surface area (Å²) in [6.45, 7) is 0.882. The summed E-state index contributed by atoms with van der Waals surface area (Å²) in [6, 6.07) is 18.2. The van der Waals surface area contributed by atoms with Gasteiger partial charge >= 0.3 is 0 Å². The SMILES string of the molecule is O=C(NCc1ccccc1)c1ccc(CN(C2CCCNC2=O)S(=O)(=O)c2ccc(Cl)nc2)cc1. The molecule has 0 aliphatic carbocycles. The van der Waals surface area contributed by atoms with Gasteiger partial charge in [-0.3, -0.25) is 9.59 Å². The van der Waals surface area contributed by atoms with Crippen molar-refractivity contribution in [3.63, 3.8) is 0 Å². The van der Waals surface area contributed by atoms with Crippen LogP contribution in [0.1, 0.15) is 34.3 Å². The third-order valence-corrected chi connectivity index (χ3v) is 7.82. The second-order valence-electron chi connectivity index (χ2n) is 8.18. The summed E-state index contributed by atoms with van der Waals surface area (Å²) >= 11 is 5.82. The highest BCUT2D eigenvalue weighted by Gasteiger charge is 2.37. The summed E-state index contributed by atoms with van der Waals surface area (Å²) in [4.78, 5) is 28.9. The van der Waals surface area contributed by atoms with Crippen LogP contribution in [-0.4, -0.2) is 42.1 Å². The van der Waals surface area contributed by atoms with Gasteiger partial charge in [0.2, 0.25) is 15.9 Å². The second-order valence-corrected chi connectivity index (χ2v) is 10.5. The highest BCUT2D eigenvalue weighted by molar-refractivity contribution is 7.89. The first-order valence-electron chi connectivity index (χ1n) is 11.2. The van der Waals surface area contributed by atoms with E-state index in [0.717, 1.165) is 5.56 Å². The fourth-order valence-electron chi connectivity index (χ4n) is 3.87. The molecule has 1 atom stereocenters. The first-order chi connectivity index (χ1) is 16.8. The average molecular weight is 513 g/mol. The summed E-state index contributed by atoms with van der Waals surface area (Å²) in [5.74, 6) is -0.567. The number of halogens is 1. The number of rotatable bonds is 8. The standard InChI is InChI=1S/C25H25ClN4O4S/c26-23-13-12-21(16-28-23)35(33,34)30(22-7-4-14-27-25(22)32)17-19-8-10-20(11-9-19)24(31)29-15-18-5-2-1-3-6-18/h1-3,5-6,8-13,16,22H,4,7,14-15,17H2,(H,27,32)(H,29,31). The molecule has 1 unspecified atom stereocenters. The number of piperidine rings is 1. The third kappa shape index (κ3) is 6.05. The van der Waals surface area contributed by atoms with Gasteiger partial charge in [-0.25, -0.2) is 13.4 Å². The van der Waals surface area contributed by atoms with E-state index in [1.807, 2.05) is 30.3 Å². The number of nitrogens with one attached hydrogen (secondary N) is 2. The van der Waals surface area contributed by atoms with E-state index >= 15 is 0 Å². The van der Waals surface area contributed by atoms with E-state index in [4.69, 9.17) is 11.6 Å². The predicted molar refractivity (Wildman–Crippen MR) is 132 cm³/mol. The maximum absolute atomic E-state index is 13.5. The topological polar surface area (TPSA) is 108 Å². The molecular formula is C25H25ClN4O4S. The summed E-state index contributed by atoms with van der Waals surface area (Å²) in [6.07, 6.45) is 2.26. The molecule has 2 aromatic carbocycles.